The van der Waals surface area contributed by atoms with E-state index in [4.69, 9.17) is 16.4 Å². The topological polar surface area (TPSA) is 127 Å². The van der Waals surface area contributed by atoms with Crippen LogP contribution in [0.25, 0.3) is 0 Å². The second-order valence-corrected chi connectivity index (χ2v) is 3.47. The minimum atomic E-state index is -0.656. The van der Waals surface area contributed by atoms with Crippen LogP contribution < -0.4 is 16.5 Å². The average Bonchev–Trinajstić information content (AvgIpc) is 2.32. The summed E-state index contributed by atoms with van der Waals surface area (Å²) in [4.78, 5) is 10.8. The van der Waals surface area contributed by atoms with Crippen LogP contribution in [-0.2, 0) is 4.79 Å². The minimum absolute atomic E-state index is 0.0362. The van der Waals surface area contributed by atoms with Crippen molar-refractivity contribution in [2.45, 2.75) is 6.92 Å². The highest BCUT2D eigenvalue weighted by molar-refractivity contribution is 6.45. The SMILES string of the molecule is CC(=O)Nc1ccc(N/N=C(\C#N)C(=N)N)cc1F. The van der Waals surface area contributed by atoms with Gasteiger partial charge >= 0.3 is 0 Å². The maximum atomic E-state index is 13.5. The first-order valence-corrected chi connectivity index (χ1v) is 5.09. The second kappa shape index (κ2) is 6.11. The minimum Gasteiger partial charge on any atom is -0.382 e. The van der Waals surface area contributed by atoms with Crippen molar-refractivity contribution in [1.82, 2.24) is 0 Å². The lowest BCUT2D eigenvalue weighted by atomic mass is 10.2. The molecule has 0 saturated carbocycles. The molecule has 0 spiro atoms. The molecule has 0 aromatic heterocycles. The average molecular weight is 262 g/mol. The number of halogens is 1. The molecule has 7 nitrogen and oxygen atoms in total. The van der Waals surface area contributed by atoms with Crippen molar-refractivity contribution in [2.75, 3.05) is 10.7 Å². The van der Waals surface area contributed by atoms with Crippen molar-refractivity contribution in [3.05, 3.63) is 24.0 Å². The molecule has 19 heavy (non-hydrogen) atoms. The van der Waals surface area contributed by atoms with Crippen LogP contribution in [0.4, 0.5) is 15.8 Å². The second-order valence-electron chi connectivity index (χ2n) is 3.47. The van der Waals surface area contributed by atoms with Crippen molar-refractivity contribution in [3.63, 3.8) is 0 Å². The molecule has 0 atom stereocenters. The Bertz CT molecular complexity index is 589. The summed E-state index contributed by atoms with van der Waals surface area (Å²) in [5.41, 5.74) is 7.45. The van der Waals surface area contributed by atoms with Crippen LogP contribution in [0.3, 0.4) is 0 Å². The summed E-state index contributed by atoms with van der Waals surface area (Å²) in [6.07, 6.45) is 0. The maximum Gasteiger partial charge on any atom is 0.221 e. The number of nitrogens with zero attached hydrogens (tertiary/aromatic N) is 2. The molecule has 0 unspecified atom stereocenters. The highest BCUT2D eigenvalue weighted by Crippen LogP contribution is 2.18. The van der Waals surface area contributed by atoms with E-state index in [1.165, 1.54) is 19.1 Å². The van der Waals surface area contributed by atoms with Gasteiger partial charge in [0.05, 0.1) is 11.4 Å². The predicted molar refractivity (Wildman–Crippen MR) is 69.3 cm³/mol. The molecule has 5 N–H and O–H groups in total. The molecule has 0 saturated heterocycles. The first kappa shape index (κ1) is 14.1. The third-order valence-electron chi connectivity index (χ3n) is 1.94. The summed E-state index contributed by atoms with van der Waals surface area (Å²) in [7, 11) is 0. The summed E-state index contributed by atoms with van der Waals surface area (Å²) in [6.45, 7) is 1.27. The van der Waals surface area contributed by atoms with E-state index in [1.54, 1.807) is 6.07 Å². The summed E-state index contributed by atoms with van der Waals surface area (Å²) in [5.74, 6) is -1.54. The number of nitriles is 1. The molecule has 1 aromatic rings. The lowest BCUT2D eigenvalue weighted by molar-refractivity contribution is -0.114. The number of hydrogen-bond acceptors (Lipinski definition) is 5. The van der Waals surface area contributed by atoms with Gasteiger partial charge in [0.1, 0.15) is 11.9 Å². The lowest BCUT2D eigenvalue weighted by Gasteiger charge is -2.06. The number of amides is 1. The Morgan fingerprint density at radius 1 is 1.58 bits per heavy atom. The number of hydrogen-bond donors (Lipinski definition) is 4. The summed E-state index contributed by atoms with van der Waals surface area (Å²) in [6, 6.07) is 5.49. The smallest absolute Gasteiger partial charge is 0.221 e. The van der Waals surface area contributed by atoms with Crippen molar-refractivity contribution in [3.8, 4) is 6.07 Å². The van der Waals surface area contributed by atoms with Gasteiger partial charge in [0.15, 0.2) is 5.84 Å². The van der Waals surface area contributed by atoms with E-state index in [0.29, 0.717) is 0 Å². The highest BCUT2D eigenvalue weighted by atomic mass is 19.1. The highest BCUT2D eigenvalue weighted by Gasteiger charge is 2.05. The van der Waals surface area contributed by atoms with E-state index in [0.717, 1.165) is 6.07 Å². The molecule has 1 rings (SSSR count). The lowest BCUT2D eigenvalue weighted by Crippen LogP contribution is -2.21. The molecule has 0 heterocycles. The normalized spacial score (nSPS) is 10.5. The van der Waals surface area contributed by atoms with Gasteiger partial charge < -0.3 is 11.1 Å². The monoisotopic (exact) mass is 262 g/mol. The zero-order valence-electron chi connectivity index (χ0n) is 9.99. The fourth-order valence-corrected chi connectivity index (χ4v) is 1.14. The van der Waals surface area contributed by atoms with Crippen molar-refractivity contribution >= 4 is 28.8 Å². The third kappa shape index (κ3) is 4.08. The number of nitrogens with one attached hydrogen (secondary N) is 3. The Balaban J connectivity index is 2.88. The van der Waals surface area contributed by atoms with E-state index in [-0.39, 0.29) is 23.0 Å². The van der Waals surface area contributed by atoms with Gasteiger partial charge in [-0.25, -0.2) is 4.39 Å². The van der Waals surface area contributed by atoms with Gasteiger partial charge in [0, 0.05) is 13.0 Å². The Morgan fingerprint density at radius 2 is 2.26 bits per heavy atom. The fraction of sp³-hybridized carbons (Fsp3) is 0.0909. The number of anilines is 2. The first-order chi connectivity index (χ1) is 8.93. The molecular weight excluding hydrogens is 251 g/mol. The van der Waals surface area contributed by atoms with Crippen LogP contribution in [-0.4, -0.2) is 17.5 Å². The van der Waals surface area contributed by atoms with Gasteiger partial charge in [0.25, 0.3) is 0 Å². The van der Waals surface area contributed by atoms with Gasteiger partial charge in [-0.2, -0.15) is 10.4 Å². The number of amidine groups is 1. The van der Waals surface area contributed by atoms with Crippen LogP contribution in [0.15, 0.2) is 23.3 Å². The van der Waals surface area contributed by atoms with E-state index >= 15 is 0 Å². The molecule has 0 bridgehead atoms. The molecule has 0 aliphatic rings. The zero-order chi connectivity index (χ0) is 14.4. The largest absolute Gasteiger partial charge is 0.382 e. The number of benzene rings is 1. The fourth-order valence-electron chi connectivity index (χ4n) is 1.14. The molecule has 0 fully saturated rings. The van der Waals surface area contributed by atoms with Crippen molar-refractivity contribution in [1.29, 1.82) is 10.7 Å². The Morgan fingerprint density at radius 3 is 2.74 bits per heavy atom. The first-order valence-electron chi connectivity index (χ1n) is 5.09. The van der Waals surface area contributed by atoms with Gasteiger partial charge in [-0.1, -0.05) is 0 Å². The Hall–Kier alpha value is -2.95. The van der Waals surface area contributed by atoms with Gasteiger partial charge in [0.2, 0.25) is 11.6 Å². The number of carbonyl (C=O) groups excluding carboxylic acids is 1. The van der Waals surface area contributed by atoms with Crippen LogP contribution in [0.5, 0.6) is 0 Å². The Kier molecular flexibility index (Phi) is 4.54. The van der Waals surface area contributed by atoms with E-state index < -0.39 is 11.7 Å². The van der Waals surface area contributed by atoms with Crippen LogP contribution >= 0.6 is 0 Å². The van der Waals surface area contributed by atoms with Crippen LogP contribution in [0.2, 0.25) is 0 Å². The van der Waals surface area contributed by atoms with Crippen LogP contribution in [0, 0.1) is 22.6 Å². The molecule has 1 amide bonds. The quantitative estimate of drug-likeness (QED) is 0.367. The Labute approximate surface area is 108 Å². The van der Waals surface area contributed by atoms with E-state index in [2.05, 4.69) is 15.8 Å². The van der Waals surface area contributed by atoms with Gasteiger partial charge in [-0.05, 0) is 12.1 Å². The standard InChI is InChI=1S/C11H11FN6O/c1-6(19)16-9-3-2-7(4-8(9)12)17-18-10(5-13)11(14)15/h2-4,17H,1H3,(H3,14,15)(H,16,19)/b18-10+. The summed E-state index contributed by atoms with van der Waals surface area (Å²) in [5, 5.41) is 21.5. The molecule has 8 heteroatoms. The molecular formula is C11H11FN6O. The summed E-state index contributed by atoms with van der Waals surface area (Å²) >= 11 is 0. The van der Waals surface area contributed by atoms with Crippen molar-refractivity contribution in [2.24, 2.45) is 10.8 Å². The maximum absolute atomic E-state index is 13.5. The van der Waals surface area contributed by atoms with E-state index in [9.17, 15) is 9.18 Å². The number of rotatable bonds is 4. The van der Waals surface area contributed by atoms with Crippen molar-refractivity contribution < 1.29 is 9.18 Å². The number of carbonyl (C=O) groups is 1. The molecule has 0 radical (unpaired) electrons. The van der Waals surface area contributed by atoms with Gasteiger partial charge in [-0.15, -0.1) is 0 Å². The molecule has 1 aromatic carbocycles. The number of nitrogens with two attached hydrogens (primary N) is 1. The molecule has 0 aliphatic heterocycles. The zero-order valence-corrected chi connectivity index (χ0v) is 9.99. The molecule has 0 aliphatic carbocycles. The molecule has 98 valence electrons. The van der Waals surface area contributed by atoms with Gasteiger partial charge in [-0.3, -0.25) is 15.6 Å². The van der Waals surface area contributed by atoms with E-state index in [1.807, 2.05) is 0 Å². The van der Waals surface area contributed by atoms with Crippen LogP contribution in [0.1, 0.15) is 6.92 Å². The number of hydrazone groups is 1. The predicted octanol–water partition coefficient (Wildman–Crippen LogP) is 1.01. The summed E-state index contributed by atoms with van der Waals surface area (Å²) < 4.78 is 13.5. The third-order valence-corrected chi connectivity index (χ3v) is 1.94.